The molecule has 4 rings (SSSR count). The summed E-state index contributed by atoms with van der Waals surface area (Å²) in [5.41, 5.74) is 1.83. The fourth-order valence-corrected chi connectivity index (χ4v) is 3.86. The van der Waals surface area contributed by atoms with E-state index in [9.17, 15) is 4.79 Å². The van der Waals surface area contributed by atoms with Crippen LogP contribution in [0.5, 0.6) is 5.75 Å². The van der Waals surface area contributed by atoms with Gasteiger partial charge in [0.05, 0.1) is 11.0 Å². The maximum atomic E-state index is 12.6. The number of aromatic nitrogens is 2. The molecule has 1 unspecified atom stereocenters. The second-order valence-electron chi connectivity index (χ2n) is 7.56. The highest BCUT2D eigenvalue weighted by Crippen LogP contribution is 2.18. The minimum absolute atomic E-state index is 0. The van der Waals surface area contributed by atoms with Gasteiger partial charge in [0.1, 0.15) is 24.7 Å². The predicted molar refractivity (Wildman–Crippen MR) is 128 cm³/mol. The number of benzene rings is 2. The van der Waals surface area contributed by atoms with E-state index < -0.39 is 0 Å². The van der Waals surface area contributed by atoms with Crippen LogP contribution in [0.4, 0.5) is 0 Å². The highest BCUT2D eigenvalue weighted by molar-refractivity contribution is 5.85. The number of amides is 1. The third-order valence-electron chi connectivity index (χ3n) is 5.42. The lowest BCUT2D eigenvalue weighted by atomic mass is 9.96. The van der Waals surface area contributed by atoms with Crippen LogP contribution < -0.4 is 15.4 Å². The molecule has 1 aromatic heterocycles. The van der Waals surface area contributed by atoms with Gasteiger partial charge in [0, 0.05) is 6.54 Å². The number of carbonyl (C=O) groups is 1. The summed E-state index contributed by atoms with van der Waals surface area (Å²) in [6.07, 6.45) is 3.49. The maximum Gasteiger partial charge on any atom is 0.240 e. The summed E-state index contributed by atoms with van der Waals surface area (Å²) >= 11 is 0. The molecule has 8 heteroatoms. The molecule has 0 saturated carbocycles. The van der Waals surface area contributed by atoms with E-state index in [1.807, 2.05) is 59.2 Å². The summed E-state index contributed by atoms with van der Waals surface area (Å²) in [6.45, 7) is 3.46. The van der Waals surface area contributed by atoms with Crippen molar-refractivity contribution in [3.8, 4) is 5.75 Å². The number of imidazole rings is 1. The van der Waals surface area contributed by atoms with Crippen molar-refractivity contribution >= 4 is 41.8 Å². The van der Waals surface area contributed by atoms with Gasteiger partial charge in [-0.15, -0.1) is 24.8 Å². The maximum absolute atomic E-state index is 12.6. The summed E-state index contributed by atoms with van der Waals surface area (Å²) in [4.78, 5) is 17.3. The molecule has 1 amide bonds. The van der Waals surface area contributed by atoms with Gasteiger partial charge in [0.25, 0.3) is 0 Å². The molecule has 0 spiro atoms. The molecule has 0 aliphatic carbocycles. The fraction of sp³-hybridized carbons (Fsp3) is 0.391. The summed E-state index contributed by atoms with van der Waals surface area (Å²) < 4.78 is 7.84. The lowest BCUT2D eigenvalue weighted by Gasteiger charge is -2.22. The molecule has 2 heterocycles. The van der Waals surface area contributed by atoms with E-state index in [1.165, 1.54) is 12.8 Å². The van der Waals surface area contributed by atoms with Gasteiger partial charge in [-0.25, -0.2) is 4.98 Å². The standard InChI is InChI=1S/C23H28N4O2.2ClH/c28-23(25-14-12-18-7-6-13-24-15-18)16-27-21-11-5-4-10-20(21)26-22(27)17-29-19-8-2-1-3-9-19;;/h1-5,8-11,18,24H,6-7,12-17H2,(H,25,28);2*1H. The number of carbonyl (C=O) groups excluding carboxylic acids is 1. The number of hydrogen-bond donors (Lipinski definition) is 2. The van der Waals surface area contributed by atoms with Crippen LogP contribution in [0.3, 0.4) is 0 Å². The van der Waals surface area contributed by atoms with Gasteiger partial charge in [0.2, 0.25) is 5.91 Å². The molecule has 2 aromatic carbocycles. The van der Waals surface area contributed by atoms with Crippen LogP contribution in [-0.4, -0.2) is 35.1 Å². The SMILES string of the molecule is Cl.Cl.O=C(Cn1c(COc2ccccc2)nc2ccccc21)NCCC1CCCNC1. The Morgan fingerprint density at radius 2 is 1.90 bits per heavy atom. The number of ether oxygens (including phenoxy) is 1. The van der Waals surface area contributed by atoms with Gasteiger partial charge < -0.3 is 19.9 Å². The first-order valence-corrected chi connectivity index (χ1v) is 10.4. The van der Waals surface area contributed by atoms with Crippen molar-refractivity contribution in [2.45, 2.75) is 32.4 Å². The molecule has 168 valence electrons. The number of para-hydroxylation sites is 3. The van der Waals surface area contributed by atoms with Crippen LogP contribution in [0.1, 0.15) is 25.1 Å². The monoisotopic (exact) mass is 464 g/mol. The van der Waals surface area contributed by atoms with E-state index in [2.05, 4.69) is 15.6 Å². The Bertz CT molecular complexity index is 943. The van der Waals surface area contributed by atoms with E-state index in [0.717, 1.165) is 42.1 Å². The Hall–Kier alpha value is -2.28. The minimum Gasteiger partial charge on any atom is -0.486 e. The van der Waals surface area contributed by atoms with Gasteiger partial charge in [-0.1, -0.05) is 30.3 Å². The van der Waals surface area contributed by atoms with Crippen molar-refractivity contribution in [1.82, 2.24) is 20.2 Å². The largest absolute Gasteiger partial charge is 0.486 e. The average Bonchev–Trinajstić information content (AvgIpc) is 3.11. The lowest BCUT2D eigenvalue weighted by Crippen LogP contribution is -2.34. The number of hydrogen-bond acceptors (Lipinski definition) is 4. The molecule has 2 N–H and O–H groups in total. The van der Waals surface area contributed by atoms with E-state index in [-0.39, 0.29) is 37.3 Å². The van der Waals surface area contributed by atoms with Gasteiger partial charge >= 0.3 is 0 Å². The molecule has 0 radical (unpaired) electrons. The third-order valence-corrected chi connectivity index (χ3v) is 5.42. The summed E-state index contributed by atoms with van der Waals surface area (Å²) in [5.74, 6) is 2.21. The Kier molecular flexibility index (Phi) is 10.1. The topological polar surface area (TPSA) is 68.2 Å². The first-order chi connectivity index (χ1) is 14.3. The van der Waals surface area contributed by atoms with Crippen molar-refractivity contribution < 1.29 is 9.53 Å². The molecule has 6 nitrogen and oxygen atoms in total. The highest BCUT2D eigenvalue weighted by atomic mass is 35.5. The van der Waals surface area contributed by atoms with Crippen molar-refractivity contribution in [2.24, 2.45) is 5.92 Å². The van der Waals surface area contributed by atoms with Crippen LogP contribution in [0.15, 0.2) is 54.6 Å². The third kappa shape index (κ3) is 6.86. The van der Waals surface area contributed by atoms with Crippen LogP contribution in [0.2, 0.25) is 0 Å². The van der Waals surface area contributed by atoms with Crippen LogP contribution >= 0.6 is 24.8 Å². The van der Waals surface area contributed by atoms with Crippen LogP contribution in [0.25, 0.3) is 11.0 Å². The number of rotatable bonds is 8. The molecule has 3 aromatic rings. The lowest BCUT2D eigenvalue weighted by molar-refractivity contribution is -0.121. The minimum atomic E-state index is 0. The normalized spacial score (nSPS) is 15.5. The average molecular weight is 465 g/mol. The quantitative estimate of drug-likeness (QED) is 0.529. The first-order valence-electron chi connectivity index (χ1n) is 10.4. The van der Waals surface area contributed by atoms with Crippen molar-refractivity contribution in [2.75, 3.05) is 19.6 Å². The Balaban J connectivity index is 0.00000171. The molecule has 1 fully saturated rings. The van der Waals surface area contributed by atoms with E-state index in [0.29, 0.717) is 19.1 Å². The van der Waals surface area contributed by atoms with Gasteiger partial charge in [-0.3, -0.25) is 4.79 Å². The molecule has 0 bridgehead atoms. The smallest absolute Gasteiger partial charge is 0.240 e. The number of fused-ring (bicyclic) bond motifs is 1. The van der Waals surface area contributed by atoms with E-state index in [4.69, 9.17) is 4.74 Å². The first kappa shape index (κ1) is 25.0. The molecular weight excluding hydrogens is 435 g/mol. The second-order valence-corrected chi connectivity index (χ2v) is 7.56. The second kappa shape index (κ2) is 12.5. The van der Waals surface area contributed by atoms with Crippen LogP contribution in [-0.2, 0) is 17.9 Å². The Labute approximate surface area is 195 Å². The van der Waals surface area contributed by atoms with Gasteiger partial charge in [-0.05, 0) is 62.5 Å². The molecule has 1 saturated heterocycles. The van der Waals surface area contributed by atoms with E-state index >= 15 is 0 Å². The van der Waals surface area contributed by atoms with Crippen molar-refractivity contribution in [3.63, 3.8) is 0 Å². The molecular formula is C23H30Cl2N4O2. The molecule has 1 atom stereocenters. The van der Waals surface area contributed by atoms with Crippen LogP contribution in [0, 0.1) is 5.92 Å². The zero-order valence-electron chi connectivity index (χ0n) is 17.5. The molecule has 31 heavy (non-hydrogen) atoms. The predicted octanol–water partition coefficient (Wildman–Crippen LogP) is 3.96. The fourth-order valence-electron chi connectivity index (χ4n) is 3.86. The summed E-state index contributed by atoms with van der Waals surface area (Å²) in [6, 6.07) is 17.5. The Morgan fingerprint density at radius 1 is 1.13 bits per heavy atom. The van der Waals surface area contributed by atoms with Crippen molar-refractivity contribution in [3.05, 3.63) is 60.4 Å². The Morgan fingerprint density at radius 3 is 2.68 bits per heavy atom. The van der Waals surface area contributed by atoms with Gasteiger partial charge in [0.15, 0.2) is 0 Å². The number of nitrogens with zero attached hydrogens (tertiary/aromatic N) is 2. The number of nitrogens with one attached hydrogen (secondary N) is 2. The molecule has 1 aliphatic rings. The molecule has 1 aliphatic heterocycles. The summed E-state index contributed by atoms with van der Waals surface area (Å²) in [7, 11) is 0. The van der Waals surface area contributed by atoms with Gasteiger partial charge in [-0.2, -0.15) is 0 Å². The van der Waals surface area contributed by atoms with Crippen molar-refractivity contribution in [1.29, 1.82) is 0 Å². The highest BCUT2D eigenvalue weighted by Gasteiger charge is 2.16. The van der Waals surface area contributed by atoms with E-state index in [1.54, 1.807) is 0 Å². The number of halogens is 2. The number of piperidine rings is 1. The zero-order valence-corrected chi connectivity index (χ0v) is 19.1. The summed E-state index contributed by atoms with van der Waals surface area (Å²) in [5, 5.41) is 6.50. The zero-order chi connectivity index (χ0) is 19.9.